The second kappa shape index (κ2) is 4.94. The topological polar surface area (TPSA) is 52.0 Å². The summed E-state index contributed by atoms with van der Waals surface area (Å²) < 4.78 is 6.93. The molecule has 0 radical (unpaired) electrons. The Morgan fingerprint density at radius 3 is 3.08 bits per heavy atom. The fraction of sp³-hybridized carbons (Fsp3) is 0.750. The Morgan fingerprint density at radius 1 is 1.69 bits per heavy atom. The maximum atomic E-state index is 5.05. The van der Waals surface area contributed by atoms with Gasteiger partial charge in [-0.25, -0.2) is 9.67 Å². The molecule has 1 unspecified atom stereocenters. The van der Waals surface area contributed by atoms with Gasteiger partial charge < -0.3 is 10.1 Å². The first-order chi connectivity index (χ1) is 6.29. The summed E-state index contributed by atoms with van der Waals surface area (Å²) in [4.78, 5) is 4.14. The SMILES string of the molecule is CNCc1ncnn1C(C)COC. The standard InChI is InChI=1S/C8H16N4O/c1-7(5-13-3)12-8(4-9-2)10-6-11-12/h6-7,9H,4-5H2,1-3H3. The van der Waals surface area contributed by atoms with Crippen molar-refractivity contribution < 1.29 is 4.74 Å². The van der Waals surface area contributed by atoms with Gasteiger partial charge in [-0.3, -0.25) is 0 Å². The van der Waals surface area contributed by atoms with E-state index >= 15 is 0 Å². The van der Waals surface area contributed by atoms with E-state index in [2.05, 4.69) is 22.3 Å². The number of aromatic nitrogens is 3. The molecular formula is C8H16N4O. The maximum absolute atomic E-state index is 5.05. The summed E-state index contributed by atoms with van der Waals surface area (Å²) in [5, 5.41) is 7.18. The lowest BCUT2D eigenvalue weighted by Crippen LogP contribution is -2.19. The monoisotopic (exact) mass is 184 g/mol. The molecule has 0 spiro atoms. The van der Waals surface area contributed by atoms with Gasteiger partial charge in [-0.1, -0.05) is 0 Å². The minimum absolute atomic E-state index is 0.232. The molecular weight excluding hydrogens is 168 g/mol. The average Bonchev–Trinajstić information content (AvgIpc) is 2.54. The van der Waals surface area contributed by atoms with Crippen molar-refractivity contribution in [1.82, 2.24) is 20.1 Å². The fourth-order valence-corrected chi connectivity index (χ4v) is 1.24. The van der Waals surface area contributed by atoms with Crippen LogP contribution in [-0.4, -0.2) is 35.5 Å². The third kappa shape index (κ3) is 2.50. The molecule has 1 atom stereocenters. The first-order valence-corrected chi connectivity index (χ1v) is 4.31. The highest BCUT2D eigenvalue weighted by Gasteiger charge is 2.09. The zero-order valence-corrected chi connectivity index (χ0v) is 8.32. The Labute approximate surface area is 78.1 Å². The van der Waals surface area contributed by atoms with Crippen LogP contribution >= 0.6 is 0 Å². The molecule has 0 saturated carbocycles. The zero-order chi connectivity index (χ0) is 9.68. The van der Waals surface area contributed by atoms with E-state index in [1.807, 2.05) is 11.7 Å². The van der Waals surface area contributed by atoms with Crippen LogP contribution in [-0.2, 0) is 11.3 Å². The van der Waals surface area contributed by atoms with E-state index in [-0.39, 0.29) is 6.04 Å². The predicted octanol–water partition coefficient (Wildman–Crippen LogP) is 0.205. The number of rotatable bonds is 5. The summed E-state index contributed by atoms with van der Waals surface area (Å²) in [5.74, 6) is 0.937. The molecule has 74 valence electrons. The number of nitrogens with zero attached hydrogens (tertiary/aromatic N) is 3. The summed E-state index contributed by atoms with van der Waals surface area (Å²) in [6.07, 6.45) is 1.57. The minimum Gasteiger partial charge on any atom is -0.382 e. The number of hydrogen-bond donors (Lipinski definition) is 1. The van der Waals surface area contributed by atoms with Crippen molar-refractivity contribution in [1.29, 1.82) is 0 Å². The van der Waals surface area contributed by atoms with E-state index in [0.29, 0.717) is 6.61 Å². The average molecular weight is 184 g/mol. The van der Waals surface area contributed by atoms with Crippen molar-refractivity contribution in [3.05, 3.63) is 12.2 Å². The van der Waals surface area contributed by atoms with Crippen LogP contribution in [0, 0.1) is 0 Å². The lowest BCUT2D eigenvalue weighted by atomic mass is 10.3. The summed E-state index contributed by atoms with van der Waals surface area (Å²) in [6.45, 7) is 3.44. The Balaban J connectivity index is 2.68. The molecule has 0 amide bonds. The molecule has 0 bridgehead atoms. The van der Waals surface area contributed by atoms with Gasteiger partial charge in [0.1, 0.15) is 12.2 Å². The summed E-state index contributed by atoms with van der Waals surface area (Å²) in [6, 6.07) is 0.232. The number of nitrogens with one attached hydrogen (secondary N) is 1. The lowest BCUT2D eigenvalue weighted by molar-refractivity contribution is 0.155. The van der Waals surface area contributed by atoms with E-state index in [1.165, 1.54) is 0 Å². The van der Waals surface area contributed by atoms with Crippen LogP contribution in [0.15, 0.2) is 6.33 Å². The van der Waals surface area contributed by atoms with Crippen LogP contribution in [0.25, 0.3) is 0 Å². The molecule has 5 nitrogen and oxygen atoms in total. The van der Waals surface area contributed by atoms with Gasteiger partial charge in [0.05, 0.1) is 19.2 Å². The van der Waals surface area contributed by atoms with Gasteiger partial charge in [0.15, 0.2) is 0 Å². The van der Waals surface area contributed by atoms with Gasteiger partial charge in [-0.05, 0) is 14.0 Å². The van der Waals surface area contributed by atoms with Gasteiger partial charge in [0.25, 0.3) is 0 Å². The third-order valence-corrected chi connectivity index (χ3v) is 1.81. The first-order valence-electron chi connectivity index (χ1n) is 4.31. The van der Waals surface area contributed by atoms with E-state index in [0.717, 1.165) is 12.4 Å². The molecule has 1 aromatic rings. The molecule has 1 aromatic heterocycles. The van der Waals surface area contributed by atoms with E-state index in [1.54, 1.807) is 13.4 Å². The Bertz CT molecular complexity index is 248. The van der Waals surface area contributed by atoms with Gasteiger partial charge in [0.2, 0.25) is 0 Å². The Hall–Kier alpha value is -0.940. The van der Waals surface area contributed by atoms with Crippen molar-refractivity contribution >= 4 is 0 Å². The quantitative estimate of drug-likeness (QED) is 0.710. The van der Waals surface area contributed by atoms with E-state index in [9.17, 15) is 0 Å². The van der Waals surface area contributed by atoms with Crippen molar-refractivity contribution in [2.75, 3.05) is 20.8 Å². The van der Waals surface area contributed by atoms with Gasteiger partial charge in [0, 0.05) is 7.11 Å². The van der Waals surface area contributed by atoms with Crippen LogP contribution in [0.1, 0.15) is 18.8 Å². The molecule has 1 N–H and O–H groups in total. The zero-order valence-electron chi connectivity index (χ0n) is 8.32. The highest BCUT2D eigenvalue weighted by Crippen LogP contribution is 2.06. The van der Waals surface area contributed by atoms with Crippen LogP contribution < -0.4 is 5.32 Å². The molecule has 0 fully saturated rings. The highest BCUT2D eigenvalue weighted by molar-refractivity contribution is 4.85. The molecule has 1 rings (SSSR count). The normalized spacial score (nSPS) is 13.2. The fourth-order valence-electron chi connectivity index (χ4n) is 1.24. The largest absolute Gasteiger partial charge is 0.382 e. The molecule has 13 heavy (non-hydrogen) atoms. The second-order valence-corrected chi connectivity index (χ2v) is 2.96. The van der Waals surface area contributed by atoms with Crippen molar-refractivity contribution in [3.8, 4) is 0 Å². The van der Waals surface area contributed by atoms with E-state index in [4.69, 9.17) is 4.74 Å². The molecule has 1 heterocycles. The second-order valence-electron chi connectivity index (χ2n) is 2.96. The van der Waals surface area contributed by atoms with Gasteiger partial charge in [-0.15, -0.1) is 0 Å². The smallest absolute Gasteiger partial charge is 0.141 e. The molecule has 0 aliphatic heterocycles. The van der Waals surface area contributed by atoms with Crippen LogP contribution in [0.3, 0.4) is 0 Å². The number of methoxy groups -OCH3 is 1. The summed E-state index contributed by atoms with van der Waals surface area (Å²) >= 11 is 0. The van der Waals surface area contributed by atoms with Crippen LogP contribution in [0.4, 0.5) is 0 Å². The van der Waals surface area contributed by atoms with Gasteiger partial charge >= 0.3 is 0 Å². The minimum atomic E-state index is 0.232. The van der Waals surface area contributed by atoms with Crippen molar-refractivity contribution in [2.45, 2.75) is 19.5 Å². The summed E-state index contributed by atoms with van der Waals surface area (Å²) in [7, 11) is 3.57. The first kappa shape index (κ1) is 10.1. The highest BCUT2D eigenvalue weighted by atomic mass is 16.5. The van der Waals surface area contributed by atoms with Crippen LogP contribution in [0.5, 0.6) is 0 Å². The molecule has 0 saturated heterocycles. The molecule has 0 aliphatic rings. The molecule has 0 aliphatic carbocycles. The Kier molecular flexibility index (Phi) is 3.85. The lowest BCUT2D eigenvalue weighted by Gasteiger charge is -2.12. The number of ether oxygens (including phenoxy) is 1. The maximum Gasteiger partial charge on any atom is 0.141 e. The van der Waals surface area contributed by atoms with Crippen molar-refractivity contribution in [2.24, 2.45) is 0 Å². The number of hydrogen-bond acceptors (Lipinski definition) is 4. The van der Waals surface area contributed by atoms with Crippen LogP contribution in [0.2, 0.25) is 0 Å². The third-order valence-electron chi connectivity index (χ3n) is 1.81. The predicted molar refractivity (Wildman–Crippen MR) is 49.4 cm³/mol. The van der Waals surface area contributed by atoms with E-state index < -0.39 is 0 Å². The van der Waals surface area contributed by atoms with Crippen molar-refractivity contribution in [3.63, 3.8) is 0 Å². The molecule has 0 aromatic carbocycles. The Morgan fingerprint density at radius 2 is 2.46 bits per heavy atom. The van der Waals surface area contributed by atoms with Gasteiger partial charge in [-0.2, -0.15) is 5.10 Å². The molecule has 5 heteroatoms. The summed E-state index contributed by atoms with van der Waals surface area (Å²) in [5.41, 5.74) is 0.